The Morgan fingerprint density at radius 3 is 2.69 bits per heavy atom. The van der Waals surface area contributed by atoms with Gasteiger partial charge in [0.05, 0.1) is 11.3 Å². The van der Waals surface area contributed by atoms with Crippen LogP contribution in [0.1, 0.15) is 18.4 Å². The largest absolute Gasteiger partial charge is 0.396 e. The molecule has 7 heteroatoms. The number of fused-ring (bicyclic) bond motifs is 1. The maximum Gasteiger partial charge on any atom is 0.228 e. The lowest BCUT2D eigenvalue weighted by Gasteiger charge is -2.14. The second-order valence-corrected chi connectivity index (χ2v) is 6.49. The van der Waals surface area contributed by atoms with Crippen LogP contribution in [0.25, 0.3) is 21.9 Å². The van der Waals surface area contributed by atoms with Gasteiger partial charge in [-0.15, -0.1) is 0 Å². The number of carbonyl (C=O) groups excluding carboxylic acids is 1. The van der Waals surface area contributed by atoms with E-state index in [-0.39, 0.29) is 39.7 Å². The molecule has 3 N–H and O–H groups in total. The van der Waals surface area contributed by atoms with Gasteiger partial charge in [-0.1, -0.05) is 0 Å². The van der Waals surface area contributed by atoms with Crippen LogP contribution in [0.4, 0.5) is 20.3 Å². The Morgan fingerprint density at radius 2 is 2.00 bits per heavy atom. The first kappa shape index (κ1) is 16.4. The average Bonchev–Trinajstić information content (AvgIpc) is 3.47. The molecule has 1 amide bonds. The summed E-state index contributed by atoms with van der Waals surface area (Å²) in [6, 6.07) is 3.05. The first-order valence-corrected chi connectivity index (χ1v) is 8.25. The van der Waals surface area contributed by atoms with E-state index in [2.05, 4.69) is 15.3 Å². The summed E-state index contributed by atoms with van der Waals surface area (Å²) in [6.07, 6.45) is 5.92. The molecule has 1 aliphatic carbocycles. The highest BCUT2D eigenvalue weighted by Gasteiger charge is 2.30. The molecule has 2 aromatic heterocycles. The summed E-state index contributed by atoms with van der Waals surface area (Å²) in [5, 5.41) is 2.93. The lowest BCUT2D eigenvalue weighted by Crippen LogP contribution is -2.14. The number of amides is 1. The number of nitrogens with zero attached hydrogens (tertiary/aromatic N) is 2. The fraction of sp³-hybridized carbons (Fsp3) is 0.211. The zero-order valence-electron chi connectivity index (χ0n) is 14.0. The van der Waals surface area contributed by atoms with E-state index in [0.29, 0.717) is 11.1 Å². The van der Waals surface area contributed by atoms with Crippen LogP contribution in [0.2, 0.25) is 0 Å². The lowest BCUT2D eigenvalue weighted by atomic mass is 9.97. The summed E-state index contributed by atoms with van der Waals surface area (Å²) < 4.78 is 30.0. The molecular weight excluding hydrogens is 338 g/mol. The van der Waals surface area contributed by atoms with E-state index in [1.807, 2.05) is 0 Å². The predicted octanol–water partition coefficient (Wildman–Crippen LogP) is 3.81. The van der Waals surface area contributed by atoms with Crippen molar-refractivity contribution in [3.05, 3.63) is 47.9 Å². The summed E-state index contributed by atoms with van der Waals surface area (Å²) >= 11 is 0. The van der Waals surface area contributed by atoms with Crippen molar-refractivity contribution in [1.82, 2.24) is 9.97 Å². The standard InChI is InChI=1S/C19H16F2N4O/c1-9-4-5-23-7-12(9)15-16(20)11-6-14(25-19(26)10-2-3-10)24-8-13(11)18(22)17(15)21/h4-8,10H,2-3,22H2,1H3,(H,24,25,26). The molecule has 0 saturated heterocycles. The second kappa shape index (κ2) is 6.01. The first-order chi connectivity index (χ1) is 12.5. The number of carbonyl (C=O) groups is 1. The number of nitrogens with two attached hydrogens (primary N) is 1. The van der Waals surface area contributed by atoms with Gasteiger partial charge in [-0.3, -0.25) is 9.78 Å². The van der Waals surface area contributed by atoms with Gasteiger partial charge in [-0.05, 0) is 37.5 Å². The molecular formula is C19H16F2N4O. The van der Waals surface area contributed by atoms with Crippen molar-refractivity contribution >= 4 is 28.2 Å². The van der Waals surface area contributed by atoms with Crippen molar-refractivity contribution in [2.75, 3.05) is 11.1 Å². The van der Waals surface area contributed by atoms with Crippen molar-refractivity contribution in [2.24, 2.45) is 5.92 Å². The summed E-state index contributed by atoms with van der Waals surface area (Å²) in [4.78, 5) is 19.9. The molecule has 0 bridgehead atoms. The third-order valence-electron chi connectivity index (χ3n) is 4.61. The van der Waals surface area contributed by atoms with Crippen LogP contribution in [0.15, 0.2) is 30.7 Å². The molecule has 0 spiro atoms. The number of rotatable bonds is 3. The quantitative estimate of drug-likeness (QED) is 0.701. The third-order valence-corrected chi connectivity index (χ3v) is 4.61. The van der Waals surface area contributed by atoms with E-state index in [9.17, 15) is 9.18 Å². The number of nitrogen functional groups attached to an aromatic ring is 1. The Balaban J connectivity index is 1.90. The zero-order valence-corrected chi connectivity index (χ0v) is 14.0. The van der Waals surface area contributed by atoms with E-state index in [0.717, 1.165) is 12.8 Å². The van der Waals surface area contributed by atoms with E-state index < -0.39 is 11.6 Å². The normalized spacial score (nSPS) is 13.8. The van der Waals surface area contributed by atoms with E-state index >= 15 is 4.39 Å². The molecule has 0 aliphatic heterocycles. The number of hydrogen-bond donors (Lipinski definition) is 2. The molecule has 1 aromatic carbocycles. The van der Waals surface area contributed by atoms with Gasteiger partial charge in [-0.2, -0.15) is 0 Å². The highest BCUT2D eigenvalue weighted by atomic mass is 19.1. The van der Waals surface area contributed by atoms with Crippen molar-refractivity contribution in [1.29, 1.82) is 0 Å². The van der Waals surface area contributed by atoms with Crippen molar-refractivity contribution in [3.63, 3.8) is 0 Å². The second-order valence-electron chi connectivity index (χ2n) is 6.49. The highest BCUT2D eigenvalue weighted by molar-refractivity contribution is 6.00. The van der Waals surface area contributed by atoms with Crippen LogP contribution >= 0.6 is 0 Å². The SMILES string of the molecule is Cc1ccncc1-c1c(F)c(N)c2cnc(NC(=O)C3CC3)cc2c1F. The molecule has 2 heterocycles. The lowest BCUT2D eigenvalue weighted by molar-refractivity contribution is -0.117. The van der Waals surface area contributed by atoms with E-state index in [1.165, 1.54) is 18.5 Å². The van der Waals surface area contributed by atoms with Crippen molar-refractivity contribution in [2.45, 2.75) is 19.8 Å². The number of aromatic nitrogens is 2. The minimum atomic E-state index is -0.845. The Bertz CT molecular complexity index is 1050. The van der Waals surface area contributed by atoms with Gasteiger partial charge in [0.1, 0.15) is 11.6 Å². The number of pyridine rings is 2. The molecule has 26 heavy (non-hydrogen) atoms. The minimum Gasteiger partial charge on any atom is -0.396 e. The molecule has 1 saturated carbocycles. The van der Waals surface area contributed by atoms with Gasteiger partial charge < -0.3 is 11.1 Å². The predicted molar refractivity (Wildman–Crippen MR) is 95.4 cm³/mol. The molecule has 5 nitrogen and oxygen atoms in total. The zero-order chi connectivity index (χ0) is 18.4. The Morgan fingerprint density at radius 1 is 1.23 bits per heavy atom. The monoisotopic (exact) mass is 354 g/mol. The van der Waals surface area contributed by atoms with Crippen LogP contribution in [-0.4, -0.2) is 15.9 Å². The number of aryl methyl sites for hydroxylation is 1. The number of nitrogens with one attached hydrogen (secondary N) is 1. The van der Waals surface area contributed by atoms with Gasteiger partial charge >= 0.3 is 0 Å². The van der Waals surface area contributed by atoms with Gasteiger partial charge in [0.2, 0.25) is 5.91 Å². The van der Waals surface area contributed by atoms with Gasteiger partial charge in [0.25, 0.3) is 0 Å². The highest BCUT2D eigenvalue weighted by Crippen LogP contribution is 2.38. The van der Waals surface area contributed by atoms with Crippen LogP contribution in [0.3, 0.4) is 0 Å². The minimum absolute atomic E-state index is 0.00997. The number of halogens is 2. The molecule has 1 aliphatic rings. The van der Waals surface area contributed by atoms with E-state index in [4.69, 9.17) is 5.73 Å². The fourth-order valence-corrected chi connectivity index (χ4v) is 2.94. The number of hydrogen-bond acceptors (Lipinski definition) is 4. The topological polar surface area (TPSA) is 80.9 Å². The van der Waals surface area contributed by atoms with Crippen molar-refractivity contribution in [3.8, 4) is 11.1 Å². The number of benzene rings is 1. The summed E-state index contributed by atoms with van der Waals surface area (Å²) in [6.45, 7) is 1.74. The maximum absolute atomic E-state index is 15.2. The van der Waals surface area contributed by atoms with Crippen molar-refractivity contribution < 1.29 is 13.6 Å². The maximum atomic E-state index is 15.2. The molecule has 0 radical (unpaired) electrons. The molecule has 3 aromatic rings. The molecule has 0 atom stereocenters. The van der Waals surface area contributed by atoms with E-state index in [1.54, 1.807) is 19.2 Å². The first-order valence-electron chi connectivity index (χ1n) is 8.25. The Labute approximate surface area is 148 Å². The number of anilines is 2. The Hall–Kier alpha value is -3.09. The summed E-state index contributed by atoms with van der Waals surface area (Å²) in [5.41, 5.74) is 6.48. The molecule has 1 fully saturated rings. The summed E-state index contributed by atoms with van der Waals surface area (Å²) in [7, 11) is 0. The average molecular weight is 354 g/mol. The molecule has 132 valence electrons. The van der Waals surface area contributed by atoms with Gasteiger partial charge in [-0.25, -0.2) is 13.8 Å². The molecule has 0 unspecified atom stereocenters. The van der Waals surface area contributed by atoms with Crippen LogP contribution < -0.4 is 11.1 Å². The summed E-state index contributed by atoms with van der Waals surface area (Å²) in [5.74, 6) is -1.54. The van der Waals surface area contributed by atoms with Crippen LogP contribution in [-0.2, 0) is 4.79 Å². The smallest absolute Gasteiger partial charge is 0.228 e. The fourth-order valence-electron chi connectivity index (χ4n) is 2.94. The van der Waals surface area contributed by atoms with Gasteiger partial charge in [0.15, 0.2) is 5.82 Å². The molecule has 4 rings (SSSR count). The van der Waals surface area contributed by atoms with Crippen LogP contribution in [0.5, 0.6) is 0 Å². The van der Waals surface area contributed by atoms with Gasteiger partial charge in [0, 0.05) is 40.8 Å². The van der Waals surface area contributed by atoms with Crippen LogP contribution in [0, 0.1) is 24.5 Å². The third kappa shape index (κ3) is 2.65. The Kier molecular flexibility index (Phi) is 3.79.